The van der Waals surface area contributed by atoms with Gasteiger partial charge in [0.15, 0.2) is 0 Å². The second-order valence-corrected chi connectivity index (χ2v) is 5.30. The van der Waals surface area contributed by atoms with E-state index in [9.17, 15) is 4.79 Å². The molecule has 88 valence electrons. The Morgan fingerprint density at radius 1 is 1.40 bits per heavy atom. The molecule has 1 aliphatic rings. The van der Waals surface area contributed by atoms with Crippen LogP contribution in [0.25, 0.3) is 0 Å². The van der Waals surface area contributed by atoms with Gasteiger partial charge in [0.25, 0.3) is 0 Å². The smallest absolute Gasteiger partial charge is 0.326 e. The van der Waals surface area contributed by atoms with Crippen molar-refractivity contribution in [3.63, 3.8) is 0 Å². The van der Waals surface area contributed by atoms with E-state index in [-0.39, 0.29) is 11.4 Å². The molecule has 3 nitrogen and oxygen atoms in total. The number of hydrogen-bond acceptors (Lipinski definition) is 3. The van der Waals surface area contributed by atoms with E-state index in [0.717, 1.165) is 25.8 Å². The van der Waals surface area contributed by atoms with Crippen molar-refractivity contribution in [2.24, 2.45) is 5.41 Å². The molecular formula is C12H23NO2. The van der Waals surface area contributed by atoms with Crippen LogP contribution in [0.3, 0.4) is 0 Å². The molecule has 1 atom stereocenters. The van der Waals surface area contributed by atoms with E-state index in [1.165, 1.54) is 13.5 Å². The van der Waals surface area contributed by atoms with Crippen molar-refractivity contribution in [2.75, 3.05) is 13.7 Å². The molecular weight excluding hydrogens is 190 g/mol. The standard InChI is InChI=1S/C12H23NO2/c1-5-13-12(10(14)15-4)8-6-7-11(2,3)9-12/h13H,5-9H2,1-4H3. The van der Waals surface area contributed by atoms with Gasteiger partial charge in [-0.1, -0.05) is 27.2 Å². The third-order valence-electron chi connectivity index (χ3n) is 3.33. The zero-order chi connectivity index (χ0) is 11.5. The van der Waals surface area contributed by atoms with Crippen molar-refractivity contribution >= 4 is 5.97 Å². The SMILES string of the molecule is CCNC1(C(=O)OC)CCCC(C)(C)C1. The fourth-order valence-electron chi connectivity index (χ4n) is 2.79. The molecule has 0 aromatic heterocycles. The van der Waals surface area contributed by atoms with Gasteiger partial charge in [0, 0.05) is 0 Å². The Labute approximate surface area is 92.6 Å². The highest BCUT2D eigenvalue weighted by Gasteiger charge is 2.45. The van der Waals surface area contributed by atoms with Crippen LogP contribution in [0.4, 0.5) is 0 Å². The Balaban J connectivity index is 2.85. The van der Waals surface area contributed by atoms with Gasteiger partial charge >= 0.3 is 5.97 Å². The molecule has 1 rings (SSSR count). The monoisotopic (exact) mass is 213 g/mol. The molecule has 1 N–H and O–H groups in total. The van der Waals surface area contributed by atoms with Gasteiger partial charge in [0.2, 0.25) is 0 Å². The molecule has 0 aromatic carbocycles. The minimum absolute atomic E-state index is 0.0999. The predicted octanol–water partition coefficient (Wildman–Crippen LogP) is 2.11. The minimum Gasteiger partial charge on any atom is -0.468 e. The highest BCUT2D eigenvalue weighted by molar-refractivity contribution is 5.81. The molecule has 1 unspecified atom stereocenters. The second kappa shape index (κ2) is 4.52. The average Bonchev–Trinajstić information content (AvgIpc) is 2.15. The second-order valence-electron chi connectivity index (χ2n) is 5.30. The Morgan fingerprint density at radius 3 is 2.53 bits per heavy atom. The van der Waals surface area contributed by atoms with Crippen LogP contribution in [0.2, 0.25) is 0 Å². The normalized spacial score (nSPS) is 29.9. The van der Waals surface area contributed by atoms with Crippen molar-refractivity contribution < 1.29 is 9.53 Å². The van der Waals surface area contributed by atoms with Crippen LogP contribution in [-0.2, 0) is 9.53 Å². The maximum absolute atomic E-state index is 11.9. The largest absolute Gasteiger partial charge is 0.468 e. The molecule has 0 amide bonds. The van der Waals surface area contributed by atoms with Gasteiger partial charge in [-0.05, 0) is 31.2 Å². The molecule has 0 radical (unpaired) electrons. The highest BCUT2D eigenvalue weighted by atomic mass is 16.5. The number of likely N-dealkylation sites (N-methyl/N-ethyl adjacent to an activating group) is 1. The van der Waals surface area contributed by atoms with Gasteiger partial charge in [-0.25, -0.2) is 0 Å². The zero-order valence-electron chi connectivity index (χ0n) is 10.4. The lowest BCUT2D eigenvalue weighted by atomic mass is 9.68. The maximum Gasteiger partial charge on any atom is 0.326 e. The number of ether oxygens (including phenoxy) is 1. The van der Waals surface area contributed by atoms with Crippen LogP contribution < -0.4 is 5.32 Å². The molecule has 15 heavy (non-hydrogen) atoms. The van der Waals surface area contributed by atoms with Crippen LogP contribution in [-0.4, -0.2) is 25.2 Å². The van der Waals surface area contributed by atoms with Crippen molar-refractivity contribution in [3.8, 4) is 0 Å². The summed E-state index contributed by atoms with van der Waals surface area (Å²) in [6, 6.07) is 0. The predicted molar refractivity (Wildman–Crippen MR) is 60.7 cm³/mol. The third kappa shape index (κ3) is 2.71. The first-order chi connectivity index (χ1) is 6.96. The summed E-state index contributed by atoms with van der Waals surface area (Å²) < 4.78 is 4.94. The third-order valence-corrected chi connectivity index (χ3v) is 3.33. The summed E-state index contributed by atoms with van der Waals surface area (Å²) in [5.41, 5.74) is -0.208. The van der Waals surface area contributed by atoms with Crippen LogP contribution in [0.5, 0.6) is 0 Å². The van der Waals surface area contributed by atoms with E-state index in [0.29, 0.717) is 0 Å². The lowest BCUT2D eigenvalue weighted by molar-refractivity contribution is -0.152. The van der Waals surface area contributed by atoms with Crippen molar-refractivity contribution in [3.05, 3.63) is 0 Å². The summed E-state index contributed by atoms with van der Waals surface area (Å²) in [6.45, 7) is 7.29. The Morgan fingerprint density at radius 2 is 2.07 bits per heavy atom. The van der Waals surface area contributed by atoms with Gasteiger partial charge in [-0.2, -0.15) is 0 Å². The van der Waals surface area contributed by atoms with Crippen LogP contribution in [0.1, 0.15) is 46.5 Å². The van der Waals surface area contributed by atoms with Gasteiger partial charge in [0.05, 0.1) is 7.11 Å². The Bertz CT molecular complexity index is 234. The number of hydrogen-bond donors (Lipinski definition) is 1. The summed E-state index contributed by atoms with van der Waals surface area (Å²) in [7, 11) is 1.48. The fourth-order valence-corrected chi connectivity index (χ4v) is 2.79. The lowest BCUT2D eigenvalue weighted by Crippen LogP contribution is -2.56. The van der Waals surface area contributed by atoms with E-state index < -0.39 is 5.54 Å². The summed E-state index contributed by atoms with van der Waals surface area (Å²) >= 11 is 0. The molecule has 0 spiro atoms. The summed E-state index contributed by atoms with van der Waals surface area (Å²) in [6.07, 6.45) is 4.06. The number of carbonyl (C=O) groups excluding carboxylic acids is 1. The van der Waals surface area contributed by atoms with E-state index in [1.807, 2.05) is 6.92 Å². The first kappa shape index (κ1) is 12.5. The fraction of sp³-hybridized carbons (Fsp3) is 0.917. The molecule has 0 heterocycles. The quantitative estimate of drug-likeness (QED) is 0.730. The topological polar surface area (TPSA) is 38.3 Å². The molecule has 3 heteroatoms. The Hall–Kier alpha value is -0.570. The molecule has 0 aliphatic heterocycles. The van der Waals surface area contributed by atoms with E-state index in [4.69, 9.17) is 4.74 Å². The van der Waals surface area contributed by atoms with E-state index in [2.05, 4.69) is 19.2 Å². The molecule has 1 saturated carbocycles. The zero-order valence-corrected chi connectivity index (χ0v) is 10.4. The van der Waals surface area contributed by atoms with Gasteiger partial charge in [0.1, 0.15) is 5.54 Å². The molecule has 1 aliphatic carbocycles. The van der Waals surface area contributed by atoms with E-state index in [1.54, 1.807) is 0 Å². The van der Waals surface area contributed by atoms with Crippen LogP contribution >= 0.6 is 0 Å². The maximum atomic E-state index is 11.9. The first-order valence-corrected chi connectivity index (χ1v) is 5.79. The van der Waals surface area contributed by atoms with Gasteiger partial charge in [-0.15, -0.1) is 0 Å². The minimum atomic E-state index is -0.439. The number of esters is 1. The summed E-state index contributed by atoms with van der Waals surface area (Å²) in [5, 5.41) is 3.33. The molecule has 0 saturated heterocycles. The van der Waals surface area contributed by atoms with Crippen molar-refractivity contribution in [1.82, 2.24) is 5.32 Å². The van der Waals surface area contributed by atoms with Gasteiger partial charge in [-0.3, -0.25) is 4.79 Å². The molecule has 0 bridgehead atoms. The number of nitrogens with one attached hydrogen (secondary N) is 1. The average molecular weight is 213 g/mol. The van der Waals surface area contributed by atoms with Crippen molar-refractivity contribution in [2.45, 2.75) is 52.0 Å². The number of methoxy groups -OCH3 is 1. The number of carbonyl (C=O) groups is 1. The molecule has 0 aromatic rings. The van der Waals surface area contributed by atoms with E-state index >= 15 is 0 Å². The number of rotatable bonds is 3. The summed E-state index contributed by atoms with van der Waals surface area (Å²) in [5.74, 6) is -0.0999. The summed E-state index contributed by atoms with van der Waals surface area (Å²) in [4.78, 5) is 11.9. The molecule has 1 fully saturated rings. The highest BCUT2D eigenvalue weighted by Crippen LogP contribution is 2.41. The lowest BCUT2D eigenvalue weighted by Gasteiger charge is -2.43. The Kier molecular flexibility index (Phi) is 3.77. The van der Waals surface area contributed by atoms with Crippen molar-refractivity contribution in [1.29, 1.82) is 0 Å². The first-order valence-electron chi connectivity index (χ1n) is 5.79. The van der Waals surface area contributed by atoms with Crippen LogP contribution in [0.15, 0.2) is 0 Å². The van der Waals surface area contributed by atoms with Crippen LogP contribution in [0, 0.1) is 5.41 Å². The van der Waals surface area contributed by atoms with Gasteiger partial charge < -0.3 is 10.1 Å².